The number of nitrogens with two attached hydrogens (primary N) is 1. The van der Waals surface area contributed by atoms with Crippen molar-refractivity contribution in [1.82, 2.24) is 0 Å². The second-order valence-electron chi connectivity index (χ2n) is 6.53. The standard InChI is InChI=1S/C17H22N2O4S/c1-12-17(2,3)14-11-13(24(18,22)23)8-9-15(14)19(12)10-6-4-5-7-16(20)21/h8-9,11-12H,4-5,7H2,1-3H3,(H,20,21)(H2,18,22,23). The number of nitrogens with zero attached hydrogens (tertiary/aromatic N) is 1. The molecule has 1 aromatic carbocycles. The molecule has 2 rings (SSSR count). The zero-order valence-corrected chi connectivity index (χ0v) is 14.9. The molecular formula is C17H22N2O4S. The number of fused-ring (bicyclic) bond motifs is 1. The number of hydrogen-bond acceptors (Lipinski definition) is 4. The molecule has 0 aliphatic carbocycles. The van der Waals surface area contributed by atoms with E-state index in [1.807, 2.05) is 25.7 Å². The summed E-state index contributed by atoms with van der Waals surface area (Å²) in [5.41, 5.74) is 1.47. The minimum atomic E-state index is -3.75. The number of carboxylic acid groups (broad SMARTS) is 1. The predicted octanol–water partition coefficient (Wildman–Crippen LogP) is 2.04. The van der Waals surface area contributed by atoms with Gasteiger partial charge in [-0.3, -0.25) is 9.69 Å². The molecule has 1 heterocycles. The van der Waals surface area contributed by atoms with Crippen LogP contribution in [0.3, 0.4) is 0 Å². The quantitative estimate of drug-likeness (QED) is 0.639. The van der Waals surface area contributed by atoms with Crippen LogP contribution in [0, 0.1) is 12.0 Å². The number of sulfonamides is 1. The summed E-state index contributed by atoms with van der Waals surface area (Å²) in [5.74, 6) is 2.18. The van der Waals surface area contributed by atoms with Crippen molar-refractivity contribution in [2.24, 2.45) is 5.14 Å². The molecule has 0 radical (unpaired) electrons. The lowest BCUT2D eigenvalue weighted by atomic mass is 9.81. The van der Waals surface area contributed by atoms with Gasteiger partial charge < -0.3 is 5.11 Å². The van der Waals surface area contributed by atoms with Crippen LogP contribution in [-0.2, 0) is 20.2 Å². The molecule has 0 spiro atoms. The average Bonchev–Trinajstić information content (AvgIpc) is 2.66. The van der Waals surface area contributed by atoms with Crippen LogP contribution in [-0.4, -0.2) is 25.5 Å². The zero-order valence-electron chi connectivity index (χ0n) is 14.0. The Kier molecular flexibility index (Phi) is 4.92. The minimum absolute atomic E-state index is 0.0511. The highest BCUT2D eigenvalue weighted by Crippen LogP contribution is 2.45. The number of hydrogen-bond donors (Lipinski definition) is 2. The van der Waals surface area contributed by atoms with Crippen LogP contribution >= 0.6 is 0 Å². The Bertz CT molecular complexity index is 819. The molecule has 24 heavy (non-hydrogen) atoms. The van der Waals surface area contributed by atoms with E-state index in [-0.39, 0.29) is 22.8 Å². The smallest absolute Gasteiger partial charge is 0.303 e. The summed E-state index contributed by atoms with van der Waals surface area (Å²) >= 11 is 0. The molecule has 1 aliphatic rings. The van der Waals surface area contributed by atoms with Crippen molar-refractivity contribution in [2.45, 2.75) is 56.4 Å². The first-order valence-electron chi connectivity index (χ1n) is 7.72. The Labute approximate surface area is 142 Å². The lowest BCUT2D eigenvalue weighted by Crippen LogP contribution is -2.36. The van der Waals surface area contributed by atoms with Crippen LogP contribution in [0.4, 0.5) is 5.69 Å². The lowest BCUT2D eigenvalue weighted by molar-refractivity contribution is -0.137. The minimum Gasteiger partial charge on any atom is -0.481 e. The van der Waals surface area contributed by atoms with E-state index in [1.54, 1.807) is 12.1 Å². The monoisotopic (exact) mass is 350 g/mol. The first-order chi connectivity index (χ1) is 11.0. The van der Waals surface area contributed by atoms with Gasteiger partial charge in [0.05, 0.1) is 10.6 Å². The molecular weight excluding hydrogens is 328 g/mol. The second kappa shape index (κ2) is 6.46. The number of rotatable bonds is 4. The van der Waals surface area contributed by atoms with E-state index < -0.39 is 16.0 Å². The van der Waals surface area contributed by atoms with Crippen LogP contribution in [0.5, 0.6) is 0 Å². The molecule has 0 bridgehead atoms. The van der Waals surface area contributed by atoms with Crippen LogP contribution in [0.1, 0.15) is 45.6 Å². The maximum atomic E-state index is 11.6. The van der Waals surface area contributed by atoms with Gasteiger partial charge in [-0.1, -0.05) is 19.8 Å². The number of primary sulfonamides is 1. The summed E-state index contributed by atoms with van der Waals surface area (Å²) in [4.78, 5) is 12.5. The summed E-state index contributed by atoms with van der Waals surface area (Å²) in [5, 5.41) is 13.9. The highest BCUT2D eigenvalue weighted by Gasteiger charge is 2.42. The molecule has 1 unspecified atom stereocenters. The van der Waals surface area contributed by atoms with Gasteiger partial charge >= 0.3 is 5.97 Å². The van der Waals surface area contributed by atoms with Crippen LogP contribution in [0.15, 0.2) is 23.1 Å². The highest BCUT2D eigenvalue weighted by molar-refractivity contribution is 7.89. The number of anilines is 1. The van der Waals surface area contributed by atoms with E-state index in [0.29, 0.717) is 12.8 Å². The lowest BCUT2D eigenvalue weighted by Gasteiger charge is -2.27. The summed E-state index contributed by atoms with van der Waals surface area (Å²) < 4.78 is 23.2. The Morgan fingerprint density at radius 3 is 2.67 bits per heavy atom. The van der Waals surface area contributed by atoms with Gasteiger partial charge in [0.25, 0.3) is 0 Å². The third-order valence-electron chi connectivity index (χ3n) is 4.57. The molecule has 1 aliphatic heterocycles. The van der Waals surface area contributed by atoms with E-state index in [4.69, 9.17) is 10.2 Å². The van der Waals surface area contributed by atoms with Crippen LogP contribution in [0.25, 0.3) is 0 Å². The van der Waals surface area contributed by atoms with Gasteiger partial charge in [-0.15, -0.1) is 0 Å². The first kappa shape index (κ1) is 18.3. The SMILES string of the molecule is CC1N(C#CCCCC(=O)O)c2ccc(S(N)(=O)=O)cc2C1(C)C. The van der Waals surface area contributed by atoms with Gasteiger partial charge in [-0.05, 0) is 37.1 Å². The average molecular weight is 350 g/mol. The molecule has 7 heteroatoms. The van der Waals surface area contributed by atoms with Gasteiger partial charge in [0.1, 0.15) is 0 Å². The Morgan fingerprint density at radius 1 is 1.42 bits per heavy atom. The van der Waals surface area contributed by atoms with Crippen molar-refractivity contribution in [2.75, 3.05) is 4.90 Å². The normalized spacial score (nSPS) is 18.7. The van der Waals surface area contributed by atoms with E-state index in [0.717, 1.165) is 11.3 Å². The third kappa shape index (κ3) is 3.55. The molecule has 6 nitrogen and oxygen atoms in total. The van der Waals surface area contributed by atoms with Gasteiger partial charge in [-0.2, -0.15) is 0 Å². The van der Waals surface area contributed by atoms with E-state index in [1.165, 1.54) is 6.07 Å². The first-order valence-corrected chi connectivity index (χ1v) is 9.26. The summed E-state index contributed by atoms with van der Waals surface area (Å²) in [6, 6.07) is 7.97. The third-order valence-corrected chi connectivity index (χ3v) is 5.48. The maximum Gasteiger partial charge on any atom is 0.303 e. The van der Waals surface area contributed by atoms with E-state index in [2.05, 4.69) is 12.0 Å². The molecule has 0 aromatic heterocycles. The van der Waals surface area contributed by atoms with E-state index in [9.17, 15) is 13.2 Å². The summed E-state index contributed by atoms with van der Waals surface area (Å²) in [7, 11) is -3.75. The Morgan fingerprint density at radius 2 is 2.08 bits per heavy atom. The number of carboxylic acids is 1. The van der Waals surface area contributed by atoms with Crippen molar-refractivity contribution >= 4 is 21.7 Å². The van der Waals surface area contributed by atoms with Gasteiger partial charge in [-0.25, -0.2) is 13.6 Å². The van der Waals surface area contributed by atoms with Gasteiger partial charge in [0.15, 0.2) is 0 Å². The van der Waals surface area contributed by atoms with Crippen molar-refractivity contribution in [3.8, 4) is 12.0 Å². The number of benzene rings is 1. The highest BCUT2D eigenvalue weighted by atomic mass is 32.2. The second-order valence-corrected chi connectivity index (χ2v) is 8.09. The Hall–Kier alpha value is -2.04. The fourth-order valence-electron chi connectivity index (χ4n) is 2.80. The molecule has 1 atom stereocenters. The fraction of sp³-hybridized carbons (Fsp3) is 0.471. The molecule has 0 saturated carbocycles. The summed E-state index contributed by atoms with van der Waals surface area (Å²) in [6.45, 7) is 6.10. The number of carbonyl (C=O) groups is 1. The predicted molar refractivity (Wildman–Crippen MR) is 92.0 cm³/mol. The molecule has 0 fully saturated rings. The summed E-state index contributed by atoms with van der Waals surface area (Å²) in [6.07, 6.45) is 1.11. The van der Waals surface area contributed by atoms with Crippen LogP contribution in [0.2, 0.25) is 0 Å². The zero-order chi connectivity index (χ0) is 18.1. The molecule has 3 N–H and O–H groups in total. The fourth-order valence-corrected chi connectivity index (χ4v) is 3.34. The number of aliphatic carboxylic acids is 1. The van der Waals surface area contributed by atoms with Crippen molar-refractivity contribution < 1.29 is 18.3 Å². The van der Waals surface area contributed by atoms with Crippen LogP contribution < -0.4 is 10.0 Å². The van der Waals surface area contributed by atoms with Crippen molar-refractivity contribution in [3.05, 3.63) is 23.8 Å². The van der Waals surface area contributed by atoms with Crippen molar-refractivity contribution in [3.63, 3.8) is 0 Å². The maximum absolute atomic E-state index is 11.6. The Balaban J connectivity index is 2.32. The molecule has 1 aromatic rings. The number of unbranched alkanes of at least 4 members (excludes halogenated alkanes) is 1. The van der Waals surface area contributed by atoms with Gasteiger partial charge in [0.2, 0.25) is 10.0 Å². The largest absolute Gasteiger partial charge is 0.481 e. The topological polar surface area (TPSA) is 101 Å². The van der Waals surface area contributed by atoms with Gasteiger partial charge in [0, 0.05) is 30.3 Å². The molecule has 0 amide bonds. The van der Waals surface area contributed by atoms with E-state index >= 15 is 0 Å². The molecule has 0 saturated heterocycles. The molecule has 130 valence electrons. The van der Waals surface area contributed by atoms with Crippen molar-refractivity contribution in [1.29, 1.82) is 0 Å².